The third-order valence-electron chi connectivity index (χ3n) is 3.10. The van der Waals surface area contributed by atoms with E-state index >= 15 is 0 Å². The fourth-order valence-electron chi connectivity index (χ4n) is 1.99. The second-order valence-electron chi connectivity index (χ2n) is 4.58. The molecule has 0 heterocycles. The van der Waals surface area contributed by atoms with Gasteiger partial charge in [0.1, 0.15) is 11.6 Å². The van der Waals surface area contributed by atoms with E-state index < -0.39 is 33.5 Å². The molecule has 0 aliphatic carbocycles. The van der Waals surface area contributed by atoms with Crippen LogP contribution in [-0.2, 0) is 0 Å². The highest BCUT2D eigenvalue weighted by Gasteiger charge is 2.31. The molecule has 0 saturated carbocycles. The van der Waals surface area contributed by atoms with Gasteiger partial charge < -0.3 is 10.2 Å². The SMILES string of the molecule is Cc1ccc(C(=O)c2c(C#N)cc(O)c(O)c2[N+](=O)[O-])cc1. The summed E-state index contributed by atoms with van der Waals surface area (Å²) in [6.45, 7) is 1.81. The van der Waals surface area contributed by atoms with Gasteiger partial charge in [0.25, 0.3) is 0 Å². The van der Waals surface area contributed by atoms with Gasteiger partial charge in [0.05, 0.1) is 10.5 Å². The lowest BCUT2D eigenvalue weighted by molar-refractivity contribution is -0.386. The molecule has 22 heavy (non-hydrogen) atoms. The van der Waals surface area contributed by atoms with Gasteiger partial charge in [-0.05, 0) is 6.92 Å². The molecule has 2 N–H and O–H groups in total. The molecule has 2 aromatic carbocycles. The molecule has 2 aromatic rings. The minimum absolute atomic E-state index is 0.135. The number of aromatic hydroxyl groups is 2. The quantitative estimate of drug-likeness (QED) is 0.388. The zero-order valence-corrected chi connectivity index (χ0v) is 11.4. The number of carbonyl (C=O) groups is 1. The number of benzene rings is 2. The summed E-state index contributed by atoms with van der Waals surface area (Å²) in [5, 5.41) is 39.3. The van der Waals surface area contributed by atoms with E-state index in [0.29, 0.717) is 0 Å². The second kappa shape index (κ2) is 5.54. The van der Waals surface area contributed by atoms with Crippen LogP contribution in [-0.4, -0.2) is 20.9 Å². The van der Waals surface area contributed by atoms with E-state index in [9.17, 15) is 25.1 Å². The number of nitrogens with zero attached hydrogens (tertiary/aromatic N) is 2. The van der Waals surface area contributed by atoms with Crippen LogP contribution < -0.4 is 0 Å². The van der Waals surface area contributed by atoms with Crippen molar-refractivity contribution in [3.63, 3.8) is 0 Å². The molecule has 0 aliphatic heterocycles. The van der Waals surface area contributed by atoms with Gasteiger partial charge in [-0.25, -0.2) is 0 Å². The number of nitro benzene ring substituents is 1. The van der Waals surface area contributed by atoms with Crippen molar-refractivity contribution in [2.75, 3.05) is 0 Å². The highest BCUT2D eigenvalue weighted by Crippen LogP contribution is 2.40. The number of nitro groups is 1. The first-order valence-electron chi connectivity index (χ1n) is 6.11. The average Bonchev–Trinajstić information content (AvgIpc) is 2.49. The third kappa shape index (κ3) is 2.45. The summed E-state index contributed by atoms with van der Waals surface area (Å²) in [5.41, 5.74) is -0.892. The molecular formula is C15H10N2O5. The molecule has 0 amide bonds. The van der Waals surface area contributed by atoms with Crippen LogP contribution in [0, 0.1) is 28.4 Å². The highest BCUT2D eigenvalue weighted by atomic mass is 16.6. The van der Waals surface area contributed by atoms with Crippen LogP contribution >= 0.6 is 0 Å². The molecule has 7 nitrogen and oxygen atoms in total. The van der Waals surface area contributed by atoms with Crippen molar-refractivity contribution >= 4 is 11.5 Å². The standard InChI is InChI=1S/C15H10N2O5/c1-8-2-4-9(5-3-8)14(19)12-10(7-16)6-11(18)15(20)13(12)17(21)22/h2-6,18,20H,1H3. The van der Waals surface area contributed by atoms with Gasteiger partial charge in [-0.1, -0.05) is 29.8 Å². The zero-order chi connectivity index (χ0) is 16.4. The molecule has 0 fully saturated rings. The van der Waals surface area contributed by atoms with Crippen LogP contribution in [0.15, 0.2) is 30.3 Å². The van der Waals surface area contributed by atoms with Gasteiger partial charge in [0, 0.05) is 11.6 Å². The summed E-state index contributed by atoms with van der Waals surface area (Å²) in [5.74, 6) is -2.65. The summed E-state index contributed by atoms with van der Waals surface area (Å²) in [6.07, 6.45) is 0. The number of phenols is 2. The van der Waals surface area contributed by atoms with Crippen molar-refractivity contribution in [1.29, 1.82) is 5.26 Å². The van der Waals surface area contributed by atoms with Gasteiger partial charge in [0.15, 0.2) is 5.75 Å². The monoisotopic (exact) mass is 298 g/mol. The largest absolute Gasteiger partial charge is 0.504 e. The number of carbonyl (C=O) groups excluding carboxylic acids is 1. The summed E-state index contributed by atoms with van der Waals surface area (Å²) in [4.78, 5) is 22.6. The van der Waals surface area contributed by atoms with Crippen molar-refractivity contribution in [2.45, 2.75) is 6.92 Å². The molecule has 0 unspecified atom stereocenters. The van der Waals surface area contributed by atoms with Crippen molar-refractivity contribution in [1.82, 2.24) is 0 Å². The van der Waals surface area contributed by atoms with Crippen LogP contribution in [0.1, 0.15) is 27.0 Å². The fraction of sp³-hybridized carbons (Fsp3) is 0.0667. The van der Waals surface area contributed by atoms with E-state index in [4.69, 9.17) is 5.26 Å². The molecule has 0 aromatic heterocycles. The summed E-state index contributed by atoms with van der Waals surface area (Å²) < 4.78 is 0. The molecule has 110 valence electrons. The average molecular weight is 298 g/mol. The van der Waals surface area contributed by atoms with E-state index in [-0.39, 0.29) is 11.1 Å². The van der Waals surface area contributed by atoms with Gasteiger partial charge in [-0.2, -0.15) is 5.26 Å². The van der Waals surface area contributed by atoms with E-state index in [1.165, 1.54) is 12.1 Å². The summed E-state index contributed by atoms with van der Waals surface area (Å²) in [6, 6.07) is 8.67. The van der Waals surface area contributed by atoms with Gasteiger partial charge in [0.2, 0.25) is 11.5 Å². The first kappa shape index (κ1) is 15.0. The Balaban J connectivity index is 2.76. The van der Waals surface area contributed by atoms with Crippen molar-refractivity contribution < 1.29 is 19.9 Å². The highest BCUT2D eigenvalue weighted by molar-refractivity contribution is 6.13. The van der Waals surface area contributed by atoms with Crippen LogP contribution in [0.3, 0.4) is 0 Å². The minimum atomic E-state index is -1.04. The van der Waals surface area contributed by atoms with Crippen LogP contribution in [0.4, 0.5) is 5.69 Å². The fourth-order valence-corrected chi connectivity index (χ4v) is 1.99. The second-order valence-corrected chi connectivity index (χ2v) is 4.58. The van der Waals surface area contributed by atoms with Gasteiger partial charge in [-0.3, -0.25) is 14.9 Å². The van der Waals surface area contributed by atoms with Crippen LogP contribution in [0.25, 0.3) is 0 Å². The van der Waals surface area contributed by atoms with E-state index in [1.807, 2.05) is 6.92 Å². The predicted molar refractivity (Wildman–Crippen MR) is 75.8 cm³/mol. The summed E-state index contributed by atoms with van der Waals surface area (Å²) >= 11 is 0. The Morgan fingerprint density at radius 2 is 1.86 bits per heavy atom. The first-order chi connectivity index (χ1) is 10.4. The third-order valence-corrected chi connectivity index (χ3v) is 3.10. The summed E-state index contributed by atoms with van der Waals surface area (Å²) in [7, 11) is 0. The Bertz CT molecular complexity index is 819. The Labute approximate surface area is 124 Å². The molecule has 7 heteroatoms. The molecule has 0 bridgehead atoms. The minimum Gasteiger partial charge on any atom is -0.504 e. The predicted octanol–water partition coefficient (Wildman–Crippen LogP) is 2.42. The van der Waals surface area contributed by atoms with E-state index in [2.05, 4.69) is 0 Å². The lowest BCUT2D eigenvalue weighted by atomic mass is 9.95. The first-order valence-corrected chi connectivity index (χ1v) is 6.11. The maximum absolute atomic E-state index is 12.5. The molecule has 0 spiro atoms. The van der Waals surface area contributed by atoms with Crippen molar-refractivity contribution in [3.05, 3.63) is 62.7 Å². The molecule has 2 rings (SSSR count). The molecule has 0 aliphatic rings. The molecular weight excluding hydrogens is 288 g/mol. The number of hydrogen-bond donors (Lipinski definition) is 2. The topological polar surface area (TPSA) is 124 Å². The maximum Gasteiger partial charge on any atom is 0.327 e. The number of hydrogen-bond acceptors (Lipinski definition) is 6. The van der Waals surface area contributed by atoms with E-state index in [0.717, 1.165) is 11.6 Å². The Hall–Kier alpha value is -3.40. The van der Waals surface area contributed by atoms with Gasteiger partial charge in [-0.15, -0.1) is 0 Å². The zero-order valence-electron chi connectivity index (χ0n) is 11.4. The number of nitriles is 1. The number of ketones is 1. The van der Waals surface area contributed by atoms with Crippen molar-refractivity contribution in [3.8, 4) is 17.6 Å². The van der Waals surface area contributed by atoms with Gasteiger partial charge >= 0.3 is 5.69 Å². The lowest BCUT2D eigenvalue weighted by Crippen LogP contribution is -2.08. The maximum atomic E-state index is 12.5. The Morgan fingerprint density at radius 3 is 2.36 bits per heavy atom. The number of rotatable bonds is 3. The molecule has 0 radical (unpaired) electrons. The normalized spacial score (nSPS) is 10.0. The Morgan fingerprint density at radius 1 is 1.27 bits per heavy atom. The van der Waals surface area contributed by atoms with Crippen LogP contribution in [0.2, 0.25) is 0 Å². The van der Waals surface area contributed by atoms with E-state index in [1.54, 1.807) is 18.2 Å². The molecule has 0 saturated heterocycles. The van der Waals surface area contributed by atoms with Crippen molar-refractivity contribution in [2.24, 2.45) is 0 Å². The number of phenolic OH excluding ortho intramolecular Hbond substituents is 2. The smallest absolute Gasteiger partial charge is 0.327 e. The Kier molecular flexibility index (Phi) is 3.77. The number of aryl methyl sites for hydroxylation is 1. The van der Waals surface area contributed by atoms with Crippen LogP contribution in [0.5, 0.6) is 11.5 Å². The lowest BCUT2D eigenvalue weighted by Gasteiger charge is -2.08. The molecule has 0 atom stereocenters.